The lowest BCUT2D eigenvalue weighted by Crippen LogP contribution is -2.46. The number of β-amino-alcohol motifs (C(OH)–C–C–N with tert-alkyl or cyclic N) is 1. The number of benzene rings is 1. The van der Waals surface area contributed by atoms with Crippen LogP contribution in [-0.4, -0.2) is 74.9 Å². The molecule has 8 heteroatoms. The molecule has 0 bridgehead atoms. The van der Waals surface area contributed by atoms with E-state index in [-0.39, 0.29) is 12.5 Å². The molecule has 0 spiro atoms. The average molecular weight is 447 g/mol. The van der Waals surface area contributed by atoms with Crippen molar-refractivity contribution >= 4 is 17.7 Å². The number of piperazine rings is 1. The number of hydrogen-bond acceptors (Lipinski definition) is 6. The predicted molar refractivity (Wildman–Crippen MR) is 129 cm³/mol. The smallest absolute Gasteiger partial charge is 0.248 e. The van der Waals surface area contributed by atoms with E-state index in [0.717, 1.165) is 61.6 Å². The van der Waals surface area contributed by atoms with Crippen LogP contribution in [0.2, 0.25) is 0 Å². The number of aryl methyl sites for hydroxylation is 1. The third kappa shape index (κ3) is 6.35. The SMILES string of the molecule is Cn1cc(-c2ccncc2C=CC(=O)Nc2ccc(CN3CCN(CCO)CC3)cc2)cn1. The first-order valence-corrected chi connectivity index (χ1v) is 11.2. The van der Waals surface area contributed by atoms with Gasteiger partial charge >= 0.3 is 0 Å². The Labute approximate surface area is 194 Å². The van der Waals surface area contributed by atoms with Gasteiger partial charge in [-0.1, -0.05) is 12.1 Å². The van der Waals surface area contributed by atoms with E-state index in [0.29, 0.717) is 0 Å². The highest BCUT2D eigenvalue weighted by Gasteiger charge is 2.16. The molecule has 8 nitrogen and oxygen atoms in total. The van der Waals surface area contributed by atoms with Crippen LogP contribution < -0.4 is 5.32 Å². The summed E-state index contributed by atoms with van der Waals surface area (Å²) in [7, 11) is 1.87. The van der Waals surface area contributed by atoms with Gasteiger partial charge in [-0.3, -0.25) is 24.3 Å². The second kappa shape index (κ2) is 11.0. The van der Waals surface area contributed by atoms with Gasteiger partial charge in [0.2, 0.25) is 5.91 Å². The molecule has 1 fully saturated rings. The fraction of sp³-hybridized carbons (Fsp3) is 0.320. The molecule has 0 aliphatic carbocycles. The fourth-order valence-corrected chi connectivity index (χ4v) is 3.98. The van der Waals surface area contributed by atoms with E-state index in [1.807, 2.05) is 31.4 Å². The Morgan fingerprint density at radius 3 is 2.55 bits per heavy atom. The topological polar surface area (TPSA) is 86.5 Å². The Hall–Kier alpha value is -3.33. The molecule has 172 valence electrons. The summed E-state index contributed by atoms with van der Waals surface area (Å²) in [4.78, 5) is 21.3. The number of carbonyl (C=O) groups excluding carboxylic acids is 1. The van der Waals surface area contributed by atoms with Crippen molar-refractivity contribution in [3.05, 3.63) is 72.3 Å². The molecule has 2 N–H and O–H groups in total. The Morgan fingerprint density at radius 1 is 1.09 bits per heavy atom. The summed E-state index contributed by atoms with van der Waals surface area (Å²) in [6, 6.07) is 9.91. The van der Waals surface area contributed by atoms with Crippen molar-refractivity contribution in [2.75, 3.05) is 44.6 Å². The second-order valence-electron chi connectivity index (χ2n) is 8.23. The van der Waals surface area contributed by atoms with Crippen LogP contribution in [0.3, 0.4) is 0 Å². The lowest BCUT2D eigenvalue weighted by atomic mass is 10.0. The highest BCUT2D eigenvalue weighted by atomic mass is 16.3. The molecule has 1 amide bonds. The van der Waals surface area contributed by atoms with Crippen molar-refractivity contribution in [1.82, 2.24) is 24.6 Å². The van der Waals surface area contributed by atoms with Crippen LogP contribution in [0.4, 0.5) is 5.69 Å². The number of hydrogen-bond donors (Lipinski definition) is 2. The number of nitrogens with zero attached hydrogens (tertiary/aromatic N) is 5. The molecule has 1 aliphatic rings. The average Bonchev–Trinajstić information content (AvgIpc) is 3.27. The first-order valence-electron chi connectivity index (χ1n) is 11.2. The lowest BCUT2D eigenvalue weighted by Gasteiger charge is -2.34. The van der Waals surface area contributed by atoms with Gasteiger partial charge in [0.1, 0.15) is 0 Å². The zero-order valence-electron chi connectivity index (χ0n) is 18.9. The maximum absolute atomic E-state index is 12.5. The Bertz CT molecular complexity index is 1080. The van der Waals surface area contributed by atoms with Crippen LogP contribution in [0.25, 0.3) is 17.2 Å². The number of amides is 1. The monoisotopic (exact) mass is 446 g/mol. The summed E-state index contributed by atoms with van der Waals surface area (Å²) in [5.74, 6) is -0.191. The molecule has 1 aromatic carbocycles. The van der Waals surface area contributed by atoms with Crippen LogP contribution in [0.5, 0.6) is 0 Å². The molecule has 3 aromatic rings. The summed E-state index contributed by atoms with van der Waals surface area (Å²) in [5.41, 5.74) is 4.79. The molecule has 2 aromatic heterocycles. The lowest BCUT2D eigenvalue weighted by molar-refractivity contribution is -0.111. The van der Waals surface area contributed by atoms with E-state index in [4.69, 9.17) is 5.11 Å². The number of carbonyl (C=O) groups is 1. The van der Waals surface area contributed by atoms with E-state index in [2.05, 4.69) is 37.3 Å². The van der Waals surface area contributed by atoms with Crippen LogP contribution in [0.15, 0.2) is 61.2 Å². The Kier molecular flexibility index (Phi) is 7.62. The van der Waals surface area contributed by atoms with Crippen molar-refractivity contribution in [2.45, 2.75) is 6.54 Å². The summed E-state index contributed by atoms with van der Waals surface area (Å²) < 4.78 is 1.75. The summed E-state index contributed by atoms with van der Waals surface area (Å²) in [6.45, 7) is 5.83. The third-order valence-electron chi connectivity index (χ3n) is 5.79. The number of aliphatic hydroxyl groups excluding tert-OH is 1. The molecule has 4 rings (SSSR count). The van der Waals surface area contributed by atoms with Gasteiger partial charge in [0.05, 0.1) is 12.8 Å². The number of aromatic nitrogens is 3. The normalized spacial score (nSPS) is 15.2. The first-order chi connectivity index (χ1) is 16.1. The van der Waals surface area contributed by atoms with E-state index in [9.17, 15) is 4.79 Å². The summed E-state index contributed by atoms with van der Waals surface area (Å²) >= 11 is 0. The van der Waals surface area contributed by atoms with Gasteiger partial charge in [0, 0.05) is 87.8 Å². The molecular formula is C25H30N6O2. The van der Waals surface area contributed by atoms with Gasteiger partial charge in [-0.25, -0.2) is 0 Å². The molecule has 0 unspecified atom stereocenters. The van der Waals surface area contributed by atoms with E-state index in [1.54, 1.807) is 29.3 Å². The second-order valence-corrected chi connectivity index (χ2v) is 8.23. The Balaban J connectivity index is 1.31. The largest absolute Gasteiger partial charge is 0.395 e. The van der Waals surface area contributed by atoms with Gasteiger partial charge in [-0.15, -0.1) is 0 Å². The molecule has 1 aliphatic heterocycles. The molecule has 0 radical (unpaired) electrons. The number of nitrogens with one attached hydrogen (secondary N) is 1. The zero-order chi connectivity index (χ0) is 23.0. The molecule has 0 saturated carbocycles. The minimum atomic E-state index is -0.191. The molecule has 1 saturated heterocycles. The number of pyridine rings is 1. The van der Waals surface area contributed by atoms with E-state index in [1.165, 1.54) is 11.6 Å². The minimum Gasteiger partial charge on any atom is -0.395 e. The quantitative estimate of drug-likeness (QED) is 0.516. The van der Waals surface area contributed by atoms with Crippen LogP contribution >= 0.6 is 0 Å². The molecule has 33 heavy (non-hydrogen) atoms. The van der Waals surface area contributed by atoms with Gasteiger partial charge in [0.25, 0.3) is 0 Å². The number of anilines is 1. The van der Waals surface area contributed by atoms with Gasteiger partial charge in [-0.05, 0) is 35.4 Å². The predicted octanol–water partition coefficient (Wildman–Crippen LogP) is 2.24. The maximum atomic E-state index is 12.5. The van der Waals surface area contributed by atoms with Crippen LogP contribution in [0, 0.1) is 0 Å². The third-order valence-corrected chi connectivity index (χ3v) is 5.79. The fourth-order valence-electron chi connectivity index (χ4n) is 3.98. The van der Waals surface area contributed by atoms with Crippen molar-refractivity contribution in [3.63, 3.8) is 0 Å². The number of aliphatic hydroxyl groups is 1. The zero-order valence-corrected chi connectivity index (χ0v) is 18.9. The van der Waals surface area contributed by atoms with E-state index >= 15 is 0 Å². The van der Waals surface area contributed by atoms with Crippen molar-refractivity contribution < 1.29 is 9.90 Å². The van der Waals surface area contributed by atoms with Gasteiger partial charge < -0.3 is 10.4 Å². The van der Waals surface area contributed by atoms with Crippen molar-refractivity contribution in [2.24, 2.45) is 7.05 Å². The summed E-state index contributed by atoms with van der Waals surface area (Å²) in [6.07, 6.45) is 10.5. The number of rotatable bonds is 8. The first kappa shape index (κ1) is 22.8. The highest BCUT2D eigenvalue weighted by Crippen LogP contribution is 2.23. The standard InChI is InChI=1S/C25H30N6O2/c1-29-19-22(17-27-29)24-8-9-26-16-21(24)4-7-25(33)28-23-5-2-20(3-6-23)18-31-12-10-30(11-13-31)14-15-32/h2-9,16-17,19,32H,10-15,18H2,1H3,(H,28,33). The highest BCUT2D eigenvalue weighted by molar-refractivity contribution is 6.02. The summed E-state index contributed by atoms with van der Waals surface area (Å²) in [5, 5.41) is 16.2. The molecule has 3 heterocycles. The minimum absolute atomic E-state index is 0.191. The maximum Gasteiger partial charge on any atom is 0.248 e. The van der Waals surface area contributed by atoms with Gasteiger partial charge in [-0.2, -0.15) is 5.10 Å². The van der Waals surface area contributed by atoms with Gasteiger partial charge in [0.15, 0.2) is 0 Å². The van der Waals surface area contributed by atoms with Crippen LogP contribution in [-0.2, 0) is 18.4 Å². The van der Waals surface area contributed by atoms with Crippen molar-refractivity contribution in [3.8, 4) is 11.1 Å². The van der Waals surface area contributed by atoms with Crippen molar-refractivity contribution in [1.29, 1.82) is 0 Å². The molecular weight excluding hydrogens is 416 g/mol. The Morgan fingerprint density at radius 2 is 1.85 bits per heavy atom. The van der Waals surface area contributed by atoms with Crippen LogP contribution in [0.1, 0.15) is 11.1 Å². The molecule has 0 atom stereocenters. The van der Waals surface area contributed by atoms with E-state index < -0.39 is 0 Å².